The van der Waals surface area contributed by atoms with Crippen LogP contribution in [-0.2, 0) is 0 Å². The summed E-state index contributed by atoms with van der Waals surface area (Å²) in [7, 11) is 2.40. The average molecular weight is 166 g/mol. The van der Waals surface area contributed by atoms with Gasteiger partial charge in [0, 0.05) is 0 Å². The smallest absolute Gasteiger partial charge is 0.0669 e. The molecule has 1 rings (SSSR count). The van der Waals surface area contributed by atoms with Gasteiger partial charge in [0.25, 0.3) is 0 Å². The van der Waals surface area contributed by atoms with E-state index in [1.54, 1.807) is 0 Å². The van der Waals surface area contributed by atoms with Crippen molar-refractivity contribution in [1.29, 1.82) is 0 Å². The molecule has 0 saturated heterocycles. The van der Waals surface area contributed by atoms with E-state index in [2.05, 4.69) is 35.5 Å². The van der Waals surface area contributed by atoms with Gasteiger partial charge in [-0.3, -0.25) is 0 Å². The third kappa shape index (κ3) is 1.86. The van der Waals surface area contributed by atoms with E-state index in [1.807, 2.05) is 0 Å². The first kappa shape index (κ1) is 10.1. The molecule has 12 heavy (non-hydrogen) atoms. The van der Waals surface area contributed by atoms with Gasteiger partial charge in [-0.05, 0) is 24.2 Å². The molecule has 1 fully saturated rings. The molecule has 0 radical (unpaired) electrons. The first-order valence-corrected chi connectivity index (χ1v) is 5.46. The standard InChI is InChI=1S/C11H23B/c1-5-6-9-7-8(2)10(9)11(3,4)12/h8-10H,5-7,12H2,1-4H3. The molecule has 0 aromatic carbocycles. The summed E-state index contributed by atoms with van der Waals surface area (Å²) in [6, 6.07) is 0. The molecule has 1 saturated carbocycles. The van der Waals surface area contributed by atoms with Gasteiger partial charge < -0.3 is 0 Å². The summed E-state index contributed by atoms with van der Waals surface area (Å²) >= 11 is 0. The lowest BCUT2D eigenvalue weighted by atomic mass is 9.48. The van der Waals surface area contributed by atoms with E-state index in [4.69, 9.17) is 0 Å². The van der Waals surface area contributed by atoms with Gasteiger partial charge in [-0.15, -0.1) is 0 Å². The van der Waals surface area contributed by atoms with Crippen LogP contribution in [0.4, 0.5) is 0 Å². The Morgan fingerprint density at radius 1 is 1.42 bits per heavy atom. The van der Waals surface area contributed by atoms with Crippen LogP contribution in [0.1, 0.15) is 47.0 Å². The van der Waals surface area contributed by atoms with Crippen molar-refractivity contribution in [2.75, 3.05) is 0 Å². The highest BCUT2D eigenvalue weighted by atomic mass is 14.5. The highest BCUT2D eigenvalue weighted by Crippen LogP contribution is 2.54. The maximum Gasteiger partial charge on any atom is 0.109 e. The minimum absolute atomic E-state index is 0.539. The zero-order valence-electron chi connectivity index (χ0n) is 9.35. The summed E-state index contributed by atoms with van der Waals surface area (Å²) in [5.74, 6) is 2.99. The van der Waals surface area contributed by atoms with Gasteiger partial charge in [-0.1, -0.05) is 45.9 Å². The molecule has 0 spiro atoms. The minimum Gasteiger partial charge on any atom is -0.0669 e. The van der Waals surface area contributed by atoms with Crippen LogP contribution >= 0.6 is 0 Å². The maximum atomic E-state index is 2.42. The number of rotatable bonds is 3. The van der Waals surface area contributed by atoms with Crippen molar-refractivity contribution in [1.82, 2.24) is 0 Å². The van der Waals surface area contributed by atoms with Crippen LogP contribution in [0, 0.1) is 17.8 Å². The Bertz CT molecular complexity index is 144. The molecule has 0 aromatic heterocycles. The van der Waals surface area contributed by atoms with Gasteiger partial charge in [-0.25, -0.2) is 0 Å². The Labute approximate surface area is 78.5 Å². The Morgan fingerprint density at radius 3 is 2.33 bits per heavy atom. The quantitative estimate of drug-likeness (QED) is 0.565. The average Bonchev–Trinajstić information content (AvgIpc) is 1.82. The summed E-state index contributed by atoms with van der Waals surface area (Å²) in [6.07, 6.45) is 4.30. The molecule has 3 atom stereocenters. The van der Waals surface area contributed by atoms with Gasteiger partial charge >= 0.3 is 0 Å². The second kappa shape index (κ2) is 3.43. The van der Waals surface area contributed by atoms with E-state index in [0.29, 0.717) is 5.31 Å². The molecule has 1 aliphatic carbocycles. The fourth-order valence-electron chi connectivity index (χ4n) is 3.27. The highest BCUT2D eigenvalue weighted by molar-refractivity contribution is 6.14. The summed E-state index contributed by atoms with van der Waals surface area (Å²) in [6.45, 7) is 9.52. The number of hydrogen-bond donors (Lipinski definition) is 0. The van der Waals surface area contributed by atoms with Crippen LogP contribution < -0.4 is 0 Å². The summed E-state index contributed by atoms with van der Waals surface area (Å²) in [4.78, 5) is 0. The molecule has 1 aliphatic rings. The first-order valence-electron chi connectivity index (χ1n) is 5.46. The monoisotopic (exact) mass is 166 g/mol. The molecule has 3 unspecified atom stereocenters. The molecule has 70 valence electrons. The largest absolute Gasteiger partial charge is 0.109 e. The maximum absolute atomic E-state index is 2.42. The van der Waals surface area contributed by atoms with Crippen molar-refractivity contribution in [2.45, 2.75) is 52.3 Å². The van der Waals surface area contributed by atoms with Crippen molar-refractivity contribution >= 4 is 7.85 Å². The van der Waals surface area contributed by atoms with E-state index in [-0.39, 0.29) is 0 Å². The second-order valence-corrected chi connectivity index (χ2v) is 5.65. The van der Waals surface area contributed by atoms with Crippen LogP contribution in [-0.4, -0.2) is 7.85 Å². The molecule has 0 N–H and O–H groups in total. The molecule has 0 heterocycles. The van der Waals surface area contributed by atoms with Crippen LogP contribution in [0.25, 0.3) is 0 Å². The van der Waals surface area contributed by atoms with Crippen molar-refractivity contribution in [2.24, 2.45) is 17.8 Å². The van der Waals surface area contributed by atoms with E-state index in [0.717, 1.165) is 17.8 Å². The Hall–Kier alpha value is 0.0649. The Kier molecular flexibility index (Phi) is 2.90. The molecule has 0 nitrogen and oxygen atoms in total. The van der Waals surface area contributed by atoms with E-state index in [9.17, 15) is 0 Å². The van der Waals surface area contributed by atoms with Gasteiger partial charge in [0.2, 0.25) is 0 Å². The second-order valence-electron chi connectivity index (χ2n) is 5.65. The van der Waals surface area contributed by atoms with Crippen molar-refractivity contribution < 1.29 is 0 Å². The molecule has 0 bridgehead atoms. The predicted molar refractivity (Wildman–Crippen MR) is 58.3 cm³/mol. The SMILES string of the molecule is BC(C)(C)C1C(C)CC1CCC. The Balaban J connectivity index is 2.50. The highest BCUT2D eigenvalue weighted by Gasteiger charge is 2.43. The lowest BCUT2D eigenvalue weighted by Crippen LogP contribution is -2.41. The molecule has 1 heteroatoms. The van der Waals surface area contributed by atoms with Crippen LogP contribution in [0.3, 0.4) is 0 Å². The third-order valence-corrected chi connectivity index (χ3v) is 3.45. The summed E-state index contributed by atoms with van der Waals surface area (Å²) in [5.41, 5.74) is 0. The molecular formula is C11H23B. The molecular weight excluding hydrogens is 143 g/mol. The topological polar surface area (TPSA) is 0 Å². The molecule has 0 amide bonds. The van der Waals surface area contributed by atoms with Crippen molar-refractivity contribution in [3.8, 4) is 0 Å². The van der Waals surface area contributed by atoms with E-state index < -0.39 is 0 Å². The summed E-state index contributed by atoms with van der Waals surface area (Å²) in [5, 5.41) is 0.539. The van der Waals surface area contributed by atoms with Gasteiger partial charge in [-0.2, -0.15) is 0 Å². The zero-order chi connectivity index (χ0) is 9.35. The number of hydrogen-bond acceptors (Lipinski definition) is 0. The normalized spacial score (nSPS) is 36.2. The van der Waals surface area contributed by atoms with Crippen molar-refractivity contribution in [3.63, 3.8) is 0 Å². The van der Waals surface area contributed by atoms with Gasteiger partial charge in [0.15, 0.2) is 0 Å². The van der Waals surface area contributed by atoms with Crippen molar-refractivity contribution in [3.05, 3.63) is 0 Å². The lowest BCUT2D eigenvalue weighted by molar-refractivity contribution is 0.0448. The van der Waals surface area contributed by atoms with E-state index in [1.165, 1.54) is 19.3 Å². The van der Waals surface area contributed by atoms with Crippen LogP contribution in [0.5, 0.6) is 0 Å². The van der Waals surface area contributed by atoms with Crippen LogP contribution in [0.2, 0.25) is 5.31 Å². The van der Waals surface area contributed by atoms with Gasteiger partial charge in [0.1, 0.15) is 7.85 Å². The molecule has 0 aromatic rings. The minimum atomic E-state index is 0.539. The first-order chi connectivity index (χ1) is 5.46. The van der Waals surface area contributed by atoms with E-state index >= 15 is 0 Å². The van der Waals surface area contributed by atoms with Crippen LogP contribution in [0.15, 0.2) is 0 Å². The predicted octanol–water partition coefficient (Wildman–Crippen LogP) is 2.89. The lowest BCUT2D eigenvalue weighted by Gasteiger charge is -2.51. The third-order valence-electron chi connectivity index (χ3n) is 3.45. The fourth-order valence-corrected chi connectivity index (χ4v) is 3.27. The van der Waals surface area contributed by atoms with Gasteiger partial charge in [0.05, 0.1) is 0 Å². The molecule has 0 aliphatic heterocycles. The summed E-state index contributed by atoms with van der Waals surface area (Å²) < 4.78 is 0. The fraction of sp³-hybridized carbons (Fsp3) is 1.00. The zero-order valence-corrected chi connectivity index (χ0v) is 9.35. The Morgan fingerprint density at radius 2 is 2.00 bits per heavy atom.